The van der Waals surface area contributed by atoms with E-state index in [1.54, 1.807) is 21.3 Å². The number of carbonyl (C=O) groups is 6. The van der Waals surface area contributed by atoms with Crippen molar-refractivity contribution in [3.8, 4) is 0 Å². The minimum absolute atomic E-state index is 0.0144. The minimum Gasteiger partial charge on any atom is -0.481 e. The molecule has 0 rings (SSSR count). The molecule has 0 aliphatic carbocycles. The molecule has 0 amide bonds. The standard InChI is InChI=1S/C10H18O6.C9H16O6.C9H14O6/c1-14-5-6-15-7-8-16-10(13)4-2-3-9(11)12;2*1-13-4-5-14-6-7-15-9(12)3-2-8(10)11/h2-8H2,1H3,(H,11,12);2-7H2,1H3,(H,10,11);2-3H,4-7H2,1H3,(H,10,11)/b;;3-2+. The molecule has 0 saturated heterocycles. The van der Waals surface area contributed by atoms with Crippen molar-refractivity contribution in [2.24, 2.45) is 0 Å². The Bertz CT molecular complexity index is 829. The molecule has 0 fully saturated rings. The maximum Gasteiger partial charge on any atom is 0.331 e. The Morgan fingerprint density at radius 3 is 1.24 bits per heavy atom. The number of aliphatic carboxylic acids is 3. The summed E-state index contributed by atoms with van der Waals surface area (Å²) in [6.45, 7) is 4.12. The molecule has 0 spiro atoms. The van der Waals surface area contributed by atoms with E-state index in [1.165, 1.54) is 0 Å². The third-order valence-electron chi connectivity index (χ3n) is 4.43. The number of ether oxygens (including phenoxy) is 9. The quantitative estimate of drug-likeness (QED) is 0.0460. The number of hydrogen-bond acceptors (Lipinski definition) is 15. The summed E-state index contributed by atoms with van der Waals surface area (Å²) in [5.74, 6) is -4.72. The van der Waals surface area contributed by atoms with Gasteiger partial charge >= 0.3 is 35.8 Å². The normalized spacial score (nSPS) is 10.2. The number of carbonyl (C=O) groups excluding carboxylic acids is 3. The van der Waals surface area contributed by atoms with Gasteiger partial charge in [0, 0.05) is 46.3 Å². The predicted octanol–water partition coefficient (Wildman–Crippen LogP) is 0.338. The van der Waals surface area contributed by atoms with Gasteiger partial charge < -0.3 is 58.0 Å². The second kappa shape index (κ2) is 37.5. The van der Waals surface area contributed by atoms with E-state index in [2.05, 4.69) is 4.74 Å². The van der Waals surface area contributed by atoms with Gasteiger partial charge in [0.05, 0.1) is 72.3 Å². The number of carboxylic acids is 3. The van der Waals surface area contributed by atoms with Gasteiger partial charge in [-0.1, -0.05) is 0 Å². The van der Waals surface area contributed by atoms with Gasteiger partial charge in [-0.3, -0.25) is 19.2 Å². The zero-order valence-corrected chi connectivity index (χ0v) is 26.6. The lowest BCUT2D eigenvalue weighted by atomic mass is 10.2. The molecule has 0 aromatic rings. The first-order valence-electron chi connectivity index (χ1n) is 14.0. The SMILES string of the molecule is COCCOCCOC(=O)/C=C/C(=O)O.COCCOCCOC(=O)CCC(=O)O.COCCOCCOC(=O)CCCC(=O)O. The fraction of sp³-hybridized carbons (Fsp3) is 0.714. The molecule has 46 heavy (non-hydrogen) atoms. The summed E-state index contributed by atoms with van der Waals surface area (Å²) in [6, 6.07) is 0. The Labute approximate surface area is 267 Å². The van der Waals surface area contributed by atoms with Gasteiger partial charge in [0.15, 0.2) is 0 Å². The molecule has 0 unspecified atom stereocenters. The van der Waals surface area contributed by atoms with Crippen molar-refractivity contribution in [2.45, 2.75) is 32.1 Å². The number of carboxylic acid groups (broad SMARTS) is 3. The largest absolute Gasteiger partial charge is 0.481 e. The summed E-state index contributed by atoms with van der Waals surface area (Å²) in [5.41, 5.74) is 0. The lowest BCUT2D eigenvalue weighted by Crippen LogP contribution is -2.13. The molecule has 0 aliphatic heterocycles. The molecule has 18 heteroatoms. The number of rotatable bonds is 27. The van der Waals surface area contributed by atoms with Gasteiger partial charge in [-0.2, -0.15) is 0 Å². The second-order valence-corrected chi connectivity index (χ2v) is 8.24. The molecule has 0 aromatic heterocycles. The molecule has 0 saturated carbocycles. The molecular weight excluding hydrogens is 624 g/mol. The van der Waals surface area contributed by atoms with Gasteiger partial charge in [0.2, 0.25) is 0 Å². The van der Waals surface area contributed by atoms with Crippen molar-refractivity contribution in [3.05, 3.63) is 12.2 Å². The van der Waals surface area contributed by atoms with Crippen molar-refractivity contribution in [1.82, 2.24) is 0 Å². The third kappa shape index (κ3) is 47.3. The summed E-state index contributed by atoms with van der Waals surface area (Å²) in [6.07, 6.45) is 1.67. The molecule has 0 heterocycles. The molecule has 18 nitrogen and oxygen atoms in total. The molecular formula is C28H48O18. The van der Waals surface area contributed by atoms with Crippen LogP contribution in [0.1, 0.15) is 32.1 Å². The van der Waals surface area contributed by atoms with Crippen molar-refractivity contribution in [2.75, 3.05) is 101 Å². The van der Waals surface area contributed by atoms with E-state index in [4.69, 9.17) is 53.2 Å². The maximum atomic E-state index is 11.0. The van der Waals surface area contributed by atoms with Crippen LogP contribution in [0.5, 0.6) is 0 Å². The fourth-order valence-electron chi connectivity index (χ4n) is 2.29. The van der Waals surface area contributed by atoms with Gasteiger partial charge in [0.1, 0.15) is 19.8 Å². The number of methoxy groups -OCH3 is 3. The van der Waals surface area contributed by atoms with E-state index in [1.807, 2.05) is 0 Å². The highest BCUT2D eigenvalue weighted by atomic mass is 16.6. The van der Waals surface area contributed by atoms with Gasteiger partial charge in [0.25, 0.3) is 0 Å². The lowest BCUT2D eigenvalue weighted by molar-refractivity contribution is -0.149. The average molecular weight is 673 g/mol. The van der Waals surface area contributed by atoms with E-state index in [-0.39, 0.29) is 52.1 Å². The van der Waals surface area contributed by atoms with E-state index in [9.17, 15) is 28.8 Å². The van der Waals surface area contributed by atoms with Crippen LogP contribution >= 0.6 is 0 Å². The van der Waals surface area contributed by atoms with Gasteiger partial charge in [-0.25, -0.2) is 9.59 Å². The second-order valence-electron chi connectivity index (χ2n) is 8.24. The van der Waals surface area contributed by atoms with Gasteiger partial charge in [-0.15, -0.1) is 0 Å². The minimum atomic E-state index is -1.19. The monoisotopic (exact) mass is 672 g/mol. The highest BCUT2D eigenvalue weighted by Crippen LogP contribution is 1.97. The maximum absolute atomic E-state index is 11.0. The fourth-order valence-corrected chi connectivity index (χ4v) is 2.29. The molecule has 0 atom stereocenters. The van der Waals surface area contributed by atoms with Crippen LogP contribution in [-0.4, -0.2) is 152 Å². The Morgan fingerprint density at radius 2 is 0.848 bits per heavy atom. The van der Waals surface area contributed by atoms with Crippen LogP contribution in [0.25, 0.3) is 0 Å². The summed E-state index contributed by atoms with van der Waals surface area (Å²) >= 11 is 0. The van der Waals surface area contributed by atoms with Crippen molar-refractivity contribution in [3.63, 3.8) is 0 Å². The molecule has 0 bridgehead atoms. The highest BCUT2D eigenvalue weighted by molar-refractivity contribution is 5.90. The molecule has 268 valence electrons. The molecule has 0 radical (unpaired) electrons. The van der Waals surface area contributed by atoms with Crippen molar-refractivity contribution < 1.29 is 86.7 Å². The lowest BCUT2D eigenvalue weighted by Gasteiger charge is -2.05. The van der Waals surface area contributed by atoms with E-state index in [0.717, 1.165) is 6.08 Å². The van der Waals surface area contributed by atoms with E-state index in [0.29, 0.717) is 65.4 Å². The topological polar surface area (TPSA) is 246 Å². The first-order valence-corrected chi connectivity index (χ1v) is 14.0. The molecule has 0 aliphatic rings. The van der Waals surface area contributed by atoms with Crippen LogP contribution in [0, 0.1) is 0 Å². The van der Waals surface area contributed by atoms with Crippen molar-refractivity contribution in [1.29, 1.82) is 0 Å². The molecule has 0 aromatic carbocycles. The average Bonchev–Trinajstić information content (AvgIpc) is 3.00. The smallest absolute Gasteiger partial charge is 0.331 e. The van der Waals surface area contributed by atoms with Crippen LogP contribution in [0.2, 0.25) is 0 Å². The first kappa shape index (κ1) is 46.7. The zero-order valence-electron chi connectivity index (χ0n) is 26.6. The Kier molecular flexibility index (Phi) is 38.1. The summed E-state index contributed by atoms with van der Waals surface area (Å²) in [5, 5.41) is 24.8. The summed E-state index contributed by atoms with van der Waals surface area (Å²) in [4.78, 5) is 63.0. The van der Waals surface area contributed by atoms with E-state index < -0.39 is 35.8 Å². The van der Waals surface area contributed by atoms with Crippen molar-refractivity contribution >= 4 is 35.8 Å². The Hall–Kier alpha value is -3.68. The Morgan fingerprint density at radius 1 is 0.457 bits per heavy atom. The first-order chi connectivity index (χ1) is 22.0. The van der Waals surface area contributed by atoms with E-state index >= 15 is 0 Å². The third-order valence-corrected chi connectivity index (χ3v) is 4.43. The zero-order chi connectivity index (χ0) is 35.3. The number of hydrogen-bond donors (Lipinski definition) is 3. The molecule has 3 N–H and O–H groups in total. The van der Waals surface area contributed by atoms with Crippen LogP contribution < -0.4 is 0 Å². The highest BCUT2D eigenvalue weighted by Gasteiger charge is 2.06. The Balaban J connectivity index is -0.000000603. The van der Waals surface area contributed by atoms with Gasteiger partial charge in [-0.05, 0) is 6.42 Å². The summed E-state index contributed by atoms with van der Waals surface area (Å²) < 4.78 is 43.5. The summed E-state index contributed by atoms with van der Waals surface area (Å²) in [7, 11) is 4.70. The van der Waals surface area contributed by atoms with Crippen LogP contribution in [0.4, 0.5) is 0 Å². The predicted molar refractivity (Wildman–Crippen MR) is 156 cm³/mol. The van der Waals surface area contributed by atoms with Crippen LogP contribution in [0.15, 0.2) is 12.2 Å². The number of esters is 3. The van der Waals surface area contributed by atoms with Crippen LogP contribution in [-0.2, 0) is 71.4 Å². The van der Waals surface area contributed by atoms with Crippen LogP contribution in [0.3, 0.4) is 0 Å².